The van der Waals surface area contributed by atoms with Gasteiger partial charge in [0.1, 0.15) is 10.7 Å². The zero-order chi connectivity index (χ0) is 16.2. The fourth-order valence-electron chi connectivity index (χ4n) is 1.93. The van der Waals surface area contributed by atoms with Crippen LogP contribution in [0.15, 0.2) is 52.3 Å². The minimum atomic E-state index is -0.310. The van der Waals surface area contributed by atoms with Gasteiger partial charge in [-0.3, -0.25) is 9.59 Å². The number of carbonyl (C=O) groups excluding carboxylic acids is 1. The molecule has 1 aromatic carbocycles. The number of rotatable bonds is 4. The van der Waals surface area contributed by atoms with Crippen molar-refractivity contribution >= 4 is 39.2 Å². The number of hydrogen-bond acceptors (Lipinski definition) is 7. The Kier molecular flexibility index (Phi) is 4.68. The third-order valence-electron chi connectivity index (χ3n) is 3.04. The Labute approximate surface area is 140 Å². The minimum Gasteiger partial charge on any atom is -0.468 e. The van der Waals surface area contributed by atoms with E-state index in [9.17, 15) is 9.59 Å². The summed E-state index contributed by atoms with van der Waals surface area (Å²) in [6.07, 6.45) is 0. The maximum Gasteiger partial charge on any atom is 0.316 e. The smallest absolute Gasteiger partial charge is 0.316 e. The molecule has 0 aliphatic rings. The maximum atomic E-state index is 12.1. The Morgan fingerprint density at radius 1 is 1.17 bits per heavy atom. The van der Waals surface area contributed by atoms with Crippen LogP contribution in [-0.2, 0) is 9.53 Å². The number of nitrogens with zero attached hydrogens (tertiary/aromatic N) is 2. The predicted octanol–water partition coefficient (Wildman–Crippen LogP) is 2.98. The molecule has 2 aromatic heterocycles. The van der Waals surface area contributed by atoms with Gasteiger partial charge in [-0.05, 0) is 24.3 Å². The first-order valence-electron chi connectivity index (χ1n) is 6.74. The number of aromatic nitrogens is 2. The van der Waals surface area contributed by atoms with E-state index in [-0.39, 0.29) is 17.3 Å². The van der Waals surface area contributed by atoms with Crippen LogP contribution in [0, 0.1) is 0 Å². The summed E-state index contributed by atoms with van der Waals surface area (Å²) in [5, 5.41) is 1.86. The van der Waals surface area contributed by atoms with Gasteiger partial charge in [-0.15, -0.1) is 11.3 Å². The van der Waals surface area contributed by atoms with E-state index < -0.39 is 0 Å². The second-order valence-corrected chi connectivity index (χ2v) is 6.57. The first-order chi connectivity index (χ1) is 11.2. The number of carbonyl (C=O) groups is 1. The summed E-state index contributed by atoms with van der Waals surface area (Å²) < 4.78 is 5.48. The molecule has 0 aliphatic heterocycles. The fraction of sp³-hybridized carbons (Fsp3) is 0.125. The van der Waals surface area contributed by atoms with Crippen molar-refractivity contribution in [3.8, 4) is 10.7 Å². The molecule has 0 spiro atoms. The van der Waals surface area contributed by atoms with E-state index in [0.717, 1.165) is 4.70 Å². The molecule has 0 saturated heterocycles. The lowest BCUT2D eigenvalue weighted by atomic mass is 10.3. The van der Waals surface area contributed by atoms with E-state index in [4.69, 9.17) is 0 Å². The number of ether oxygens (including phenoxy) is 1. The van der Waals surface area contributed by atoms with Crippen LogP contribution in [0.3, 0.4) is 0 Å². The molecular weight excluding hydrogens is 332 g/mol. The normalized spacial score (nSPS) is 10.7. The summed E-state index contributed by atoms with van der Waals surface area (Å²) in [5.41, 5.74) is 0.358. The molecule has 0 unspecified atom stereocenters. The number of pyridine rings is 1. The highest BCUT2D eigenvalue weighted by Gasteiger charge is 2.09. The minimum absolute atomic E-state index is 0.189. The lowest BCUT2D eigenvalue weighted by Crippen LogP contribution is -2.06. The van der Waals surface area contributed by atoms with Gasteiger partial charge >= 0.3 is 5.97 Å². The van der Waals surface area contributed by atoms with Gasteiger partial charge in [-0.1, -0.05) is 30.0 Å². The number of thioether (sulfide) groups is 1. The molecule has 7 heteroatoms. The highest BCUT2D eigenvalue weighted by atomic mass is 32.2. The Hall–Kier alpha value is -2.25. The monoisotopic (exact) mass is 344 g/mol. The summed E-state index contributed by atoms with van der Waals surface area (Å²) in [5.74, 6) is -0.121. The number of esters is 1. The van der Waals surface area contributed by atoms with Crippen molar-refractivity contribution in [2.24, 2.45) is 0 Å². The topological polar surface area (TPSA) is 69.2 Å². The zero-order valence-electron chi connectivity index (χ0n) is 12.2. The van der Waals surface area contributed by atoms with Gasteiger partial charge in [-0.2, -0.15) is 4.98 Å². The van der Waals surface area contributed by atoms with Gasteiger partial charge in [0.05, 0.1) is 23.3 Å². The Morgan fingerprint density at radius 3 is 2.83 bits per heavy atom. The molecule has 0 atom stereocenters. The molecule has 0 saturated carbocycles. The summed E-state index contributed by atoms with van der Waals surface area (Å²) >= 11 is 2.70. The van der Waals surface area contributed by atoms with Gasteiger partial charge < -0.3 is 4.74 Å². The van der Waals surface area contributed by atoms with Gasteiger partial charge in [-0.25, -0.2) is 4.98 Å². The van der Waals surface area contributed by atoms with E-state index in [1.807, 2.05) is 24.3 Å². The lowest BCUT2D eigenvalue weighted by Gasteiger charge is -2.04. The molecule has 0 N–H and O–H groups in total. The SMILES string of the molecule is COC(=O)CSc1cccc(-c2nc(=O)c3ccccc3s2)n1. The number of hydrogen-bond donors (Lipinski definition) is 0. The number of benzene rings is 1. The molecule has 5 nitrogen and oxygen atoms in total. The standard InChI is InChI=1S/C16H12N2O3S2/c1-21-14(19)9-22-13-8-4-6-11(17-13)16-18-15(20)10-5-2-3-7-12(10)23-16/h2-8H,9H2,1H3. The second-order valence-electron chi connectivity index (χ2n) is 4.55. The van der Waals surface area contributed by atoms with Gasteiger partial charge in [0.15, 0.2) is 0 Å². The van der Waals surface area contributed by atoms with E-state index in [0.29, 0.717) is 21.1 Å². The summed E-state index contributed by atoms with van der Waals surface area (Å²) in [6.45, 7) is 0. The zero-order valence-corrected chi connectivity index (χ0v) is 13.8. The van der Waals surface area contributed by atoms with Crippen molar-refractivity contribution in [2.45, 2.75) is 5.03 Å². The molecule has 2 heterocycles. The Morgan fingerprint density at radius 2 is 2.00 bits per heavy atom. The molecule has 116 valence electrons. The fourth-order valence-corrected chi connectivity index (χ4v) is 3.62. The third kappa shape index (κ3) is 3.57. The molecule has 23 heavy (non-hydrogen) atoms. The van der Waals surface area contributed by atoms with Crippen LogP contribution in [-0.4, -0.2) is 28.8 Å². The van der Waals surface area contributed by atoms with Crippen molar-refractivity contribution < 1.29 is 9.53 Å². The van der Waals surface area contributed by atoms with E-state index in [1.165, 1.54) is 30.2 Å². The van der Waals surface area contributed by atoms with E-state index in [2.05, 4.69) is 14.7 Å². The molecular formula is C16H12N2O3S2. The largest absolute Gasteiger partial charge is 0.468 e. The highest BCUT2D eigenvalue weighted by molar-refractivity contribution is 7.99. The van der Waals surface area contributed by atoms with Crippen LogP contribution in [0.25, 0.3) is 20.8 Å². The number of methoxy groups -OCH3 is 1. The quantitative estimate of drug-likeness (QED) is 0.535. The van der Waals surface area contributed by atoms with E-state index in [1.54, 1.807) is 18.2 Å². The van der Waals surface area contributed by atoms with Gasteiger partial charge in [0.2, 0.25) is 0 Å². The molecule has 3 rings (SSSR count). The maximum absolute atomic E-state index is 12.1. The van der Waals surface area contributed by atoms with Crippen molar-refractivity contribution in [3.63, 3.8) is 0 Å². The van der Waals surface area contributed by atoms with Gasteiger partial charge in [0.25, 0.3) is 5.56 Å². The van der Waals surface area contributed by atoms with Crippen molar-refractivity contribution in [2.75, 3.05) is 12.9 Å². The average molecular weight is 344 g/mol. The second kappa shape index (κ2) is 6.89. The number of fused-ring (bicyclic) bond motifs is 1. The van der Waals surface area contributed by atoms with Crippen molar-refractivity contribution in [1.82, 2.24) is 9.97 Å². The predicted molar refractivity (Wildman–Crippen MR) is 91.9 cm³/mol. The van der Waals surface area contributed by atoms with Gasteiger partial charge in [0, 0.05) is 4.70 Å². The third-order valence-corrected chi connectivity index (χ3v) is 5.01. The average Bonchev–Trinajstić information content (AvgIpc) is 2.60. The van der Waals surface area contributed by atoms with Crippen molar-refractivity contribution in [1.29, 1.82) is 0 Å². The summed E-state index contributed by atoms with van der Waals surface area (Å²) in [4.78, 5) is 31.9. The molecule has 0 bridgehead atoms. The van der Waals surface area contributed by atoms with Crippen LogP contribution < -0.4 is 5.56 Å². The first kappa shape index (κ1) is 15.6. The van der Waals surface area contributed by atoms with Crippen LogP contribution in [0.5, 0.6) is 0 Å². The molecule has 0 aliphatic carbocycles. The summed E-state index contributed by atoms with van der Waals surface area (Å²) in [7, 11) is 1.35. The van der Waals surface area contributed by atoms with Crippen LogP contribution in [0.4, 0.5) is 0 Å². The summed E-state index contributed by atoms with van der Waals surface area (Å²) in [6, 6.07) is 12.8. The van der Waals surface area contributed by atoms with Crippen molar-refractivity contribution in [3.05, 3.63) is 52.8 Å². The highest BCUT2D eigenvalue weighted by Crippen LogP contribution is 2.26. The molecule has 0 amide bonds. The Bertz CT molecular complexity index is 924. The first-order valence-corrected chi connectivity index (χ1v) is 8.54. The molecule has 0 radical (unpaired) electrons. The molecule has 3 aromatic rings. The Balaban J connectivity index is 1.95. The van der Waals surface area contributed by atoms with Crippen LogP contribution in [0.1, 0.15) is 0 Å². The lowest BCUT2D eigenvalue weighted by molar-refractivity contribution is -0.137. The van der Waals surface area contributed by atoms with E-state index >= 15 is 0 Å². The molecule has 0 fully saturated rings. The van der Waals surface area contributed by atoms with Crippen LogP contribution in [0.2, 0.25) is 0 Å². The van der Waals surface area contributed by atoms with Crippen LogP contribution >= 0.6 is 23.1 Å².